The molecule has 2 aromatic carbocycles. The molecule has 2 rings (SSSR count). The molecule has 0 aliphatic carbocycles. The van der Waals surface area contributed by atoms with E-state index in [0.29, 0.717) is 30.4 Å². The number of amides is 1. The molecular weight excluding hydrogens is 505 g/mol. The molecule has 0 aliphatic rings. The predicted octanol–water partition coefficient (Wildman–Crippen LogP) is 3.52. The summed E-state index contributed by atoms with van der Waals surface area (Å²) >= 11 is 0. The van der Waals surface area contributed by atoms with E-state index in [1.54, 1.807) is 20.0 Å². The summed E-state index contributed by atoms with van der Waals surface area (Å²) in [6, 6.07) is 10.4. The molecule has 0 heterocycles. The Balaban J connectivity index is 0.00000450. The number of guanidine groups is 1. The Labute approximate surface area is 192 Å². The van der Waals surface area contributed by atoms with Crippen LogP contribution in [0.3, 0.4) is 0 Å². The molecule has 164 valence electrons. The molecule has 1 amide bonds. The number of carbonyl (C=O) groups excluding carboxylic acids is 1. The summed E-state index contributed by atoms with van der Waals surface area (Å²) in [4.78, 5) is 15.6. The van der Waals surface area contributed by atoms with Gasteiger partial charge in [0.05, 0.1) is 6.04 Å². The van der Waals surface area contributed by atoms with Crippen molar-refractivity contribution in [2.24, 2.45) is 4.99 Å². The van der Waals surface area contributed by atoms with Crippen LogP contribution in [0.1, 0.15) is 31.0 Å². The number of benzene rings is 2. The number of rotatable bonds is 8. The molecule has 0 aromatic heterocycles. The lowest BCUT2D eigenvalue weighted by molar-refractivity contribution is -0.122. The van der Waals surface area contributed by atoms with Gasteiger partial charge in [0.2, 0.25) is 0 Å². The zero-order chi connectivity index (χ0) is 21.2. The molecule has 0 bridgehead atoms. The highest BCUT2D eigenvalue weighted by Crippen LogP contribution is 2.18. The number of likely N-dealkylation sites (N-methyl/N-ethyl adjacent to an activating group) is 1. The molecule has 9 heteroatoms. The Morgan fingerprint density at radius 2 is 1.93 bits per heavy atom. The van der Waals surface area contributed by atoms with Gasteiger partial charge in [0.25, 0.3) is 5.91 Å². The number of aliphatic imine (C=N–C) groups is 1. The Morgan fingerprint density at radius 1 is 1.17 bits per heavy atom. The quantitative estimate of drug-likeness (QED) is 0.277. The lowest BCUT2D eigenvalue weighted by atomic mass is 10.1. The fourth-order valence-corrected chi connectivity index (χ4v) is 2.66. The average Bonchev–Trinajstić information content (AvgIpc) is 2.70. The summed E-state index contributed by atoms with van der Waals surface area (Å²) in [5, 5.41) is 8.88. The maximum absolute atomic E-state index is 13.9. The van der Waals surface area contributed by atoms with E-state index in [-0.39, 0.29) is 36.5 Å². The number of nitrogens with zero attached hydrogens (tertiary/aromatic N) is 1. The fourth-order valence-electron chi connectivity index (χ4n) is 2.66. The average molecular weight is 532 g/mol. The molecule has 30 heavy (non-hydrogen) atoms. The van der Waals surface area contributed by atoms with Crippen molar-refractivity contribution in [2.75, 3.05) is 20.2 Å². The lowest BCUT2D eigenvalue weighted by Gasteiger charge is -2.19. The van der Waals surface area contributed by atoms with Gasteiger partial charge in [-0.1, -0.05) is 18.2 Å². The molecule has 1 unspecified atom stereocenters. The minimum Gasteiger partial charge on any atom is -0.484 e. The maximum Gasteiger partial charge on any atom is 0.257 e. The minimum absolute atomic E-state index is 0. The second kappa shape index (κ2) is 13.0. The van der Waals surface area contributed by atoms with Gasteiger partial charge in [-0.25, -0.2) is 8.78 Å². The zero-order valence-electron chi connectivity index (χ0n) is 17.2. The third-order valence-corrected chi connectivity index (χ3v) is 4.11. The normalized spacial score (nSPS) is 11.8. The summed E-state index contributed by atoms with van der Waals surface area (Å²) in [6.07, 6.45) is 0. The lowest BCUT2D eigenvalue weighted by Crippen LogP contribution is -2.38. The van der Waals surface area contributed by atoms with E-state index in [0.717, 1.165) is 11.6 Å². The van der Waals surface area contributed by atoms with E-state index in [4.69, 9.17) is 4.74 Å². The van der Waals surface area contributed by atoms with Gasteiger partial charge in [0.15, 0.2) is 12.6 Å². The molecule has 0 saturated carbocycles. The van der Waals surface area contributed by atoms with Crippen LogP contribution in [0.2, 0.25) is 0 Å². The topological polar surface area (TPSA) is 74.8 Å². The third kappa shape index (κ3) is 8.13. The van der Waals surface area contributed by atoms with Crippen LogP contribution in [0, 0.1) is 11.6 Å². The first-order valence-electron chi connectivity index (χ1n) is 9.33. The minimum atomic E-state index is -0.616. The number of halogens is 3. The van der Waals surface area contributed by atoms with Gasteiger partial charge in [-0.2, -0.15) is 0 Å². The number of nitrogens with one attached hydrogen (secondary N) is 3. The molecule has 0 radical (unpaired) electrons. The highest BCUT2D eigenvalue weighted by atomic mass is 127. The van der Waals surface area contributed by atoms with E-state index < -0.39 is 17.7 Å². The first-order valence-corrected chi connectivity index (χ1v) is 9.33. The Bertz CT molecular complexity index is 865. The first kappa shape index (κ1) is 25.6. The second-order valence-electron chi connectivity index (χ2n) is 6.35. The molecule has 3 N–H and O–H groups in total. The maximum atomic E-state index is 13.9. The van der Waals surface area contributed by atoms with Crippen molar-refractivity contribution in [3.63, 3.8) is 0 Å². The third-order valence-electron chi connectivity index (χ3n) is 4.11. The summed E-state index contributed by atoms with van der Waals surface area (Å²) in [6.45, 7) is 4.55. The van der Waals surface area contributed by atoms with E-state index in [1.165, 1.54) is 12.1 Å². The van der Waals surface area contributed by atoms with Crippen LogP contribution in [0.25, 0.3) is 0 Å². The van der Waals surface area contributed by atoms with Crippen molar-refractivity contribution in [3.8, 4) is 5.75 Å². The zero-order valence-corrected chi connectivity index (χ0v) is 19.5. The monoisotopic (exact) mass is 532 g/mol. The first-order chi connectivity index (χ1) is 13.9. The van der Waals surface area contributed by atoms with E-state index in [1.807, 2.05) is 25.1 Å². The SMILES string of the molecule is CCNC(=O)COc1cccc(CNC(=NC)NC(C)c2ccc(F)cc2F)c1.I. The van der Waals surface area contributed by atoms with Gasteiger partial charge in [-0.3, -0.25) is 9.79 Å². The van der Waals surface area contributed by atoms with Gasteiger partial charge >= 0.3 is 0 Å². The van der Waals surface area contributed by atoms with Crippen molar-refractivity contribution >= 4 is 35.8 Å². The van der Waals surface area contributed by atoms with E-state index in [9.17, 15) is 13.6 Å². The second-order valence-corrected chi connectivity index (χ2v) is 6.35. The van der Waals surface area contributed by atoms with E-state index in [2.05, 4.69) is 20.9 Å². The van der Waals surface area contributed by atoms with Crippen molar-refractivity contribution in [3.05, 3.63) is 65.2 Å². The van der Waals surface area contributed by atoms with Gasteiger partial charge in [-0.15, -0.1) is 24.0 Å². The van der Waals surface area contributed by atoms with E-state index >= 15 is 0 Å². The van der Waals surface area contributed by atoms with Crippen LogP contribution >= 0.6 is 24.0 Å². The van der Waals surface area contributed by atoms with Crippen molar-refractivity contribution in [1.29, 1.82) is 0 Å². The van der Waals surface area contributed by atoms with Crippen molar-refractivity contribution in [2.45, 2.75) is 26.4 Å². The Hall–Kier alpha value is -2.43. The largest absolute Gasteiger partial charge is 0.484 e. The fraction of sp³-hybridized carbons (Fsp3) is 0.333. The van der Waals surface area contributed by atoms with Crippen LogP contribution in [0.4, 0.5) is 8.78 Å². The Morgan fingerprint density at radius 3 is 2.60 bits per heavy atom. The van der Waals surface area contributed by atoms with Crippen molar-refractivity contribution in [1.82, 2.24) is 16.0 Å². The number of hydrogen-bond acceptors (Lipinski definition) is 3. The highest BCUT2D eigenvalue weighted by Gasteiger charge is 2.13. The number of ether oxygens (including phenoxy) is 1. The standard InChI is InChI=1S/C21H26F2N4O2.HI/c1-4-25-20(28)13-29-17-7-5-6-15(10-17)12-26-21(24-3)27-14(2)18-9-8-16(22)11-19(18)23;/h5-11,14H,4,12-13H2,1-3H3,(H,25,28)(H2,24,26,27);1H. The molecule has 0 saturated heterocycles. The molecule has 6 nitrogen and oxygen atoms in total. The number of hydrogen-bond donors (Lipinski definition) is 3. The van der Waals surface area contributed by atoms with Crippen LogP contribution < -0.4 is 20.7 Å². The molecular formula is C21H27F2IN4O2. The van der Waals surface area contributed by atoms with Crippen LogP contribution in [0.15, 0.2) is 47.5 Å². The van der Waals surface area contributed by atoms with Gasteiger partial charge < -0.3 is 20.7 Å². The molecule has 0 fully saturated rings. The van der Waals surface area contributed by atoms with Crippen LogP contribution in [-0.2, 0) is 11.3 Å². The highest BCUT2D eigenvalue weighted by molar-refractivity contribution is 14.0. The Kier molecular flexibility index (Phi) is 11.1. The van der Waals surface area contributed by atoms with Gasteiger partial charge in [0.1, 0.15) is 17.4 Å². The molecule has 1 atom stereocenters. The summed E-state index contributed by atoms with van der Waals surface area (Å²) < 4.78 is 32.5. The molecule has 0 aliphatic heterocycles. The summed E-state index contributed by atoms with van der Waals surface area (Å²) in [5.41, 5.74) is 1.26. The van der Waals surface area contributed by atoms with Crippen LogP contribution in [-0.4, -0.2) is 32.1 Å². The van der Waals surface area contributed by atoms with Crippen LogP contribution in [0.5, 0.6) is 5.75 Å². The van der Waals surface area contributed by atoms with Gasteiger partial charge in [0, 0.05) is 31.8 Å². The smallest absolute Gasteiger partial charge is 0.257 e. The van der Waals surface area contributed by atoms with Gasteiger partial charge in [-0.05, 0) is 37.6 Å². The summed E-state index contributed by atoms with van der Waals surface area (Å²) in [5.74, 6) is -0.356. The molecule has 2 aromatic rings. The summed E-state index contributed by atoms with van der Waals surface area (Å²) in [7, 11) is 1.61. The molecule has 0 spiro atoms. The predicted molar refractivity (Wildman–Crippen MR) is 124 cm³/mol. The number of carbonyl (C=O) groups is 1. The van der Waals surface area contributed by atoms with Crippen molar-refractivity contribution < 1.29 is 18.3 Å².